The molecule has 0 aromatic rings. The van der Waals surface area contributed by atoms with E-state index in [1.165, 1.54) is 0 Å². The summed E-state index contributed by atoms with van der Waals surface area (Å²) in [5, 5.41) is 4.52. The number of rotatable bonds is 5. The first-order valence-corrected chi connectivity index (χ1v) is 8.30. The van der Waals surface area contributed by atoms with Gasteiger partial charge in [-0.05, 0) is 5.92 Å². The van der Waals surface area contributed by atoms with Gasteiger partial charge in [-0.2, -0.15) is 0 Å². The molecule has 1 heterocycles. The fourth-order valence-corrected chi connectivity index (χ4v) is 3.04. The normalized spacial score (nSPS) is 21.2. The zero-order chi connectivity index (χ0) is 12.2. The number of amidine groups is 1. The molecular weight excluding hydrogens is 244 g/mol. The first-order valence-electron chi connectivity index (χ1n) is 5.60. The van der Waals surface area contributed by atoms with E-state index in [1.807, 2.05) is 0 Å². The van der Waals surface area contributed by atoms with Crippen molar-refractivity contribution in [2.45, 2.75) is 26.0 Å². The molecule has 0 fully saturated rings. The van der Waals surface area contributed by atoms with Gasteiger partial charge in [-0.15, -0.1) is 0 Å². The summed E-state index contributed by atoms with van der Waals surface area (Å²) in [7, 11) is -2.87. The summed E-state index contributed by atoms with van der Waals surface area (Å²) < 4.78 is 22.5. The highest BCUT2D eigenvalue weighted by atomic mass is 32.2. The van der Waals surface area contributed by atoms with Crippen LogP contribution in [0.5, 0.6) is 0 Å². The summed E-state index contributed by atoms with van der Waals surface area (Å²) in [5.41, 5.74) is 0. The third kappa shape index (κ3) is 4.33. The average molecular weight is 264 g/mol. The van der Waals surface area contributed by atoms with E-state index in [9.17, 15) is 8.42 Å². The number of nitrogens with zero attached hydrogens (tertiary/aromatic N) is 1. The summed E-state index contributed by atoms with van der Waals surface area (Å²) in [5.74, 6) is 1.01. The van der Waals surface area contributed by atoms with Gasteiger partial charge in [0.05, 0.1) is 12.3 Å². The Morgan fingerprint density at radius 3 is 2.75 bits per heavy atom. The summed E-state index contributed by atoms with van der Waals surface area (Å²) in [6.45, 7) is 7.33. The molecule has 0 aromatic carbocycles. The van der Waals surface area contributed by atoms with E-state index in [2.05, 4.69) is 24.2 Å². The average Bonchev–Trinajstić information content (AvgIpc) is 2.66. The molecule has 0 aromatic heterocycles. The van der Waals surface area contributed by atoms with Gasteiger partial charge in [0.2, 0.25) is 0 Å². The van der Waals surface area contributed by atoms with Gasteiger partial charge in [0.15, 0.2) is 15.0 Å². The molecule has 1 unspecified atom stereocenters. The second-order valence-electron chi connectivity index (χ2n) is 4.21. The molecule has 0 aliphatic carbocycles. The summed E-state index contributed by atoms with van der Waals surface area (Å²) in [6.07, 6.45) is 0. The van der Waals surface area contributed by atoms with Crippen LogP contribution in [0.3, 0.4) is 0 Å². The standard InChI is InChI=1S/C10H20N2O2S2/c1-4-16(13,14)6-5-11-10-12-7-9(15-10)8(2)3/h8-9H,4-7H2,1-3H3,(H,11,12). The van der Waals surface area contributed by atoms with E-state index in [0.717, 1.165) is 11.7 Å². The Kier molecular flexibility index (Phi) is 5.11. The van der Waals surface area contributed by atoms with Crippen LogP contribution in [0.25, 0.3) is 0 Å². The van der Waals surface area contributed by atoms with Gasteiger partial charge in [0, 0.05) is 17.5 Å². The number of thioether (sulfide) groups is 1. The maximum absolute atomic E-state index is 11.3. The Morgan fingerprint density at radius 1 is 1.56 bits per heavy atom. The lowest BCUT2D eigenvalue weighted by atomic mass is 10.1. The maximum Gasteiger partial charge on any atom is 0.156 e. The molecule has 94 valence electrons. The molecule has 4 nitrogen and oxygen atoms in total. The van der Waals surface area contributed by atoms with E-state index in [4.69, 9.17) is 0 Å². The summed E-state index contributed by atoms with van der Waals surface area (Å²) in [6, 6.07) is 0. The summed E-state index contributed by atoms with van der Waals surface area (Å²) >= 11 is 1.72. The fraction of sp³-hybridized carbons (Fsp3) is 0.900. The fourth-order valence-electron chi connectivity index (χ4n) is 1.29. The molecule has 1 aliphatic heterocycles. The highest BCUT2D eigenvalue weighted by Crippen LogP contribution is 2.25. The molecule has 6 heteroatoms. The zero-order valence-corrected chi connectivity index (χ0v) is 11.7. The molecule has 1 atom stereocenters. The van der Waals surface area contributed by atoms with Crippen LogP contribution >= 0.6 is 11.8 Å². The van der Waals surface area contributed by atoms with E-state index in [0.29, 0.717) is 17.7 Å². The van der Waals surface area contributed by atoms with Crippen LogP contribution < -0.4 is 5.32 Å². The van der Waals surface area contributed by atoms with E-state index in [1.54, 1.807) is 18.7 Å². The molecule has 1 N–H and O–H groups in total. The van der Waals surface area contributed by atoms with Crippen LogP contribution in [0.2, 0.25) is 0 Å². The Labute approximate surface area is 102 Å². The van der Waals surface area contributed by atoms with Crippen LogP contribution in [-0.2, 0) is 9.84 Å². The second-order valence-corrected chi connectivity index (χ2v) is 7.91. The Bertz CT molecular complexity index is 350. The summed E-state index contributed by atoms with van der Waals surface area (Å²) in [4.78, 5) is 4.36. The SMILES string of the molecule is CCS(=O)(=O)CCNC1=NCC(C(C)C)S1. The van der Waals surface area contributed by atoms with Gasteiger partial charge in [0.25, 0.3) is 0 Å². The first kappa shape index (κ1) is 13.8. The highest BCUT2D eigenvalue weighted by molar-refractivity contribution is 8.14. The number of nitrogens with one attached hydrogen (secondary N) is 1. The molecule has 0 saturated carbocycles. The molecule has 1 aliphatic rings. The van der Waals surface area contributed by atoms with Gasteiger partial charge < -0.3 is 5.32 Å². The van der Waals surface area contributed by atoms with Crippen molar-refractivity contribution in [2.75, 3.05) is 24.6 Å². The van der Waals surface area contributed by atoms with Crippen molar-refractivity contribution < 1.29 is 8.42 Å². The minimum Gasteiger partial charge on any atom is -0.364 e. The van der Waals surface area contributed by atoms with Crippen molar-refractivity contribution in [3.63, 3.8) is 0 Å². The monoisotopic (exact) mass is 264 g/mol. The van der Waals surface area contributed by atoms with Gasteiger partial charge >= 0.3 is 0 Å². The van der Waals surface area contributed by atoms with E-state index < -0.39 is 9.84 Å². The lowest BCUT2D eigenvalue weighted by molar-refractivity contribution is 0.596. The van der Waals surface area contributed by atoms with Crippen molar-refractivity contribution in [1.29, 1.82) is 0 Å². The molecule has 0 bridgehead atoms. The minimum absolute atomic E-state index is 0.190. The maximum atomic E-state index is 11.3. The number of hydrogen-bond acceptors (Lipinski definition) is 5. The Morgan fingerprint density at radius 2 is 2.25 bits per heavy atom. The second kappa shape index (κ2) is 5.91. The van der Waals surface area contributed by atoms with Gasteiger partial charge in [-0.3, -0.25) is 4.99 Å². The number of hydrogen-bond donors (Lipinski definition) is 1. The zero-order valence-electron chi connectivity index (χ0n) is 10.1. The Balaban J connectivity index is 2.26. The predicted molar refractivity (Wildman–Crippen MR) is 70.8 cm³/mol. The molecule has 0 saturated heterocycles. The van der Waals surface area contributed by atoms with Crippen molar-refractivity contribution in [3.05, 3.63) is 0 Å². The van der Waals surface area contributed by atoms with Crippen LogP contribution in [0.15, 0.2) is 4.99 Å². The molecule has 0 radical (unpaired) electrons. The quantitative estimate of drug-likeness (QED) is 0.809. The van der Waals surface area contributed by atoms with Crippen LogP contribution in [0, 0.1) is 5.92 Å². The molecule has 0 spiro atoms. The third-order valence-electron chi connectivity index (χ3n) is 2.55. The first-order chi connectivity index (χ1) is 7.44. The molecule has 0 amide bonds. The number of aliphatic imine (C=N–C) groups is 1. The van der Waals surface area contributed by atoms with Crippen molar-refractivity contribution in [3.8, 4) is 0 Å². The van der Waals surface area contributed by atoms with E-state index in [-0.39, 0.29) is 11.5 Å². The minimum atomic E-state index is -2.87. The van der Waals surface area contributed by atoms with Crippen molar-refractivity contribution >= 4 is 26.8 Å². The smallest absolute Gasteiger partial charge is 0.156 e. The predicted octanol–water partition coefficient (Wildman–Crippen LogP) is 1.14. The Hall–Kier alpha value is -0.230. The van der Waals surface area contributed by atoms with Gasteiger partial charge in [-0.1, -0.05) is 32.5 Å². The molecule has 1 rings (SSSR count). The molecule has 16 heavy (non-hydrogen) atoms. The largest absolute Gasteiger partial charge is 0.364 e. The topological polar surface area (TPSA) is 58.5 Å². The highest BCUT2D eigenvalue weighted by Gasteiger charge is 2.22. The van der Waals surface area contributed by atoms with Crippen molar-refractivity contribution in [1.82, 2.24) is 5.32 Å². The molecular formula is C10H20N2O2S2. The van der Waals surface area contributed by atoms with E-state index >= 15 is 0 Å². The van der Waals surface area contributed by atoms with Crippen LogP contribution in [0.1, 0.15) is 20.8 Å². The van der Waals surface area contributed by atoms with Crippen LogP contribution in [0.4, 0.5) is 0 Å². The number of sulfone groups is 1. The van der Waals surface area contributed by atoms with Gasteiger partial charge in [-0.25, -0.2) is 8.42 Å². The van der Waals surface area contributed by atoms with Gasteiger partial charge in [0.1, 0.15) is 0 Å². The van der Waals surface area contributed by atoms with Crippen molar-refractivity contribution in [2.24, 2.45) is 10.9 Å². The lowest BCUT2D eigenvalue weighted by Crippen LogP contribution is -2.27. The third-order valence-corrected chi connectivity index (χ3v) is 5.75. The lowest BCUT2D eigenvalue weighted by Gasteiger charge is -2.12. The van der Waals surface area contributed by atoms with Crippen LogP contribution in [-0.4, -0.2) is 43.4 Å².